The number of aromatic nitrogens is 2. The van der Waals surface area contributed by atoms with E-state index >= 15 is 0 Å². The van der Waals surface area contributed by atoms with Gasteiger partial charge in [0.05, 0.1) is 9.82 Å². The second-order valence-electron chi connectivity index (χ2n) is 7.43. The summed E-state index contributed by atoms with van der Waals surface area (Å²) in [6, 6.07) is 5.49. The fourth-order valence-electron chi connectivity index (χ4n) is 3.36. The predicted octanol–water partition coefficient (Wildman–Crippen LogP) is 3.24. The molecule has 1 fully saturated rings. The quantitative estimate of drug-likeness (QED) is 0.560. The first-order valence-corrected chi connectivity index (χ1v) is 10.7. The molecule has 9 nitrogen and oxygen atoms in total. The van der Waals surface area contributed by atoms with Gasteiger partial charge in [-0.3, -0.25) is 14.8 Å². The topological polar surface area (TPSA) is 119 Å². The van der Waals surface area contributed by atoms with Crippen molar-refractivity contribution in [3.63, 3.8) is 0 Å². The van der Waals surface area contributed by atoms with E-state index in [1.807, 2.05) is 6.92 Å². The molecule has 0 amide bonds. The van der Waals surface area contributed by atoms with Crippen LogP contribution < -0.4 is 10.0 Å². The van der Waals surface area contributed by atoms with Crippen molar-refractivity contribution in [1.29, 1.82) is 0 Å². The van der Waals surface area contributed by atoms with E-state index in [1.54, 1.807) is 17.8 Å². The van der Waals surface area contributed by atoms with Gasteiger partial charge in [0.15, 0.2) is 5.82 Å². The average molecular weight is 407 g/mol. The number of aryl methyl sites for hydroxylation is 2. The summed E-state index contributed by atoms with van der Waals surface area (Å²) in [5.41, 5.74) is 0.757. The van der Waals surface area contributed by atoms with E-state index in [0.29, 0.717) is 11.7 Å². The van der Waals surface area contributed by atoms with Crippen LogP contribution in [0, 0.1) is 23.0 Å². The van der Waals surface area contributed by atoms with E-state index in [9.17, 15) is 18.5 Å². The monoisotopic (exact) mass is 407 g/mol. The van der Waals surface area contributed by atoms with Crippen molar-refractivity contribution in [1.82, 2.24) is 14.5 Å². The Labute approximate surface area is 164 Å². The molecule has 1 saturated carbocycles. The molecule has 28 heavy (non-hydrogen) atoms. The molecule has 0 saturated heterocycles. The van der Waals surface area contributed by atoms with E-state index in [2.05, 4.69) is 22.1 Å². The number of benzene rings is 1. The summed E-state index contributed by atoms with van der Waals surface area (Å²) in [5.74, 6) is 1.05. The molecule has 1 aliphatic rings. The minimum absolute atomic E-state index is 0.111. The summed E-state index contributed by atoms with van der Waals surface area (Å²) in [5, 5.41) is 18.6. The minimum Gasteiger partial charge on any atom is -0.333 e. The Hall–Kier alpha value is -2.46. The molecule has 2 N–H and O–H groups in total. The number of anilines is 2. The number of nitro groups is 1. The van der Waals surface area contributed by atoms with Gasteiger partial charge in [0.25, 0.3) is 5.69 Å². The Bertz CT molecular complexity index is 958. The van der Waals surface area contributed by atoms with Crippen LogP contribution >= 0.6 is 0 Å². The van der Waals surface area contributed by atoms with Crippen LogP contribution in [0.2, 0.25) is 0 Å². The summed E-state index contributed by atoms with van der Waals surface area (Å²) in [4.78, 5) is 10.8. The van der Waals surface area contributed by atoms with E-state index < -0.39 is 14.9 Å². The molecular weight excluding hydrogens is 382 g/mol. The number of rotatable bonds is 6. The molecule has 1 heterocycles. The van der Waals surface area contributed by atoms with E-state index in [1.165, 1.54) is 12.1 Å². The Kier molecular flexibility index (Phi) is 5.71. The van der Waals surface area contributed by atoms with Crippen molar-refractivity contribution >= 4 is 27.2 Å². The van der Waals surface area contributed by atoms with Crippen molar-refractivity contribution in [3.05, 3.63) is 40.1 Å². The van der Waals surface area contributed by atoms with Gasteiger partial charge >= 0.3 is 0 Å². The molecule has 0 radical (unpaired) electrons. The molecule has 0 spiro atoms. The maximum Gasteiger partial charge on any atom is 0.294 e. The fraction of sp³-hybridized carbons (Fsp3) is 0.500. The third-order valence-electron chi connectivity index (χ3n) is 5.19. The van der Waals surface area contributed by atoms with Gasteiger partial charge in [-0.15, -0.1) is 0 Å². The Morgan fingerprint density at radius 3 is 2.46 bits per heavy atom. The van der Waals surface area contributed by atoms with Gasteiger partial charge in [-0.25, -0.2) is 13.1 Å². The highest BCUT2D eigenvalue weighted by atomic mass is 32.2. The van der Waals surface area contributed by atoms with Gasteiger partial charge in [0, 0.05) is 30.9 Å². The van der Waals surface area contributed by atoms with Gasteiger partial charge in [0.2, 0.25) is 10.0 Å². The van der Waals surface area contributed by atoms with Crippen LogP contribution in [0.15, 0.2) is 29.2 Å². The highest BCUT2D eigenvalue weighted by Gasteiger charge is 2.26. The molecule has 0 bridgehead atoms. The Morgan fingerprint density at radius 2 is 1.89 bits per heavy atom. The molecule has 2 aromatic rings. The number of nitro benzene ring substituents is 1. The van der Waals surface area contributed by atoms with E-state index in [4.69, 9.17) is 0 Å². The normalized spacial score (nSPS) is 20.1. The Morgan fingerprint density at radius 1 is 1.21 bits per heavy atom. The highest BCUT2D eigenvalue weighted by molar-refractivity contribution is 7.89. The van der Waals surface area contributed by atoms with Crippen molar-refractivity contribution < 1.29 is 13.3 Å². The largest absolute Gasteiger partial charge is 0.333 e. The van der Waals surface area contributed by atoms with Gasteiger partial charge in [-0.1, -0.05) is 6.92 Å². The summed E-state index contributed by atoms with van der Waals surface area (Å²) in [6.45, 7) is 4.02. The van der Waals surface area contributed by atoms with Crippen molar-refractivity contribution in [2.24, 2.45) is 13.0 Å². The number of sulfonamides is 1. The van der Waals surface area contributed by atoms with E-state index in [0.717, 1.165) is 37.4 Å². The van der Waals surface area contributed by atoms with Crippen LogP contribution in [-0.4, -0.2) is 29.2 Å². The molecular formula is C18H25N5O4S. The van der Waals surface area contributed by atoms with Gasteiger partial charge < -0.3 is 5.32 Å². The lowest BCUT2D eigenvalue weighted by Crippen LogP contribution is -2.37. The van der Waals surface area contributed by atoms with Crippen molar-refractivity contribution in [2.45, 2.75) is 50.5 Å². The minimum atomic E-state index is -3.83. The standard InChI is InChI=1S/C18H25N5O4S/c1-12-4-6-14(7-5-12)21-28(26,27)15-8-9-16(17(11-15)23(24)25)19-18-10-13(2)22(3)20-18/h8-12,14,21H,4-7H2,1-3H3,(H,19,20). The number of hydrogen-bond donors (Lipinski definition) is 2. The van der Waals surface area contributed by atoms with Gasteiger partial charge in [-0.05, 0) is 50.7 Å². The maximum absolute atomic E-state index is 12.7. The fourth-order valence-corrected chi connectivity index (χ4v) is 4.69. The zero-order chi connectivity index (χ0) is 20.5. The molecule has 0 aliphatic heterocycles. The van der Waals surface area contributed by atoms with Crippen LogP contribution in [0.5, 0.6) is 0 Å². The smallest absolute Gasteiger partial charge is 0.294 e. The number of nitrogens with zero attached hydrogens (tertiary/aromatic N) is 3. The lowest BCUT2D eigenvalue weighted by atomic mass is 9.88. The Balaban J connectivity index is 1.84. The predicted molar refractivity (Wildman–Crippen MR) is 106 cm³/mol. The molecule has 0 unspecified atom stereocenters. The average Bonchev–Trinajstić information content (AvgIpc) is 2.94. The van der Waals surface area contributed by atoms with Crippen molar-refractivity contribution in [3.8, 4) is 0 Å². The molecule has 152 valence electrons. The summed E-state index contributed by atoms with van der Waals surface area (Å²) < 4.78 is 29.7. The molecule has 1 aliphatic carbocycles. The first-order chi connectivity index (χ1) is 13.2. The highest BCUT2D eigenvalue weighted by Crippen LogP contribution is 2.31. The zero-order valence-corrected chi connectivity index (χ0v) is 17.0. The first kappa shape index (κ1) is 20.3. The second-order valence-corrected chi connectivity index (χ2v) is 9.15. The second kappa shape index (κ2) is 7.88. The van der Waals surface area contributed by atoms with Crippen LogP contribution in [0.25, 0.3) is 0 Å². The van der Waals surface area contributed by atoms with Crippen molar-refractivity contribution in [2.75, 3.05) is 5.32 Å². The first-order valence-electron chi connectivity index (χ1n) is 9.24. The molecule has 3 rings (SSSR count). The number of nitrogens with one attached hydrogen (secondary N) is 2. The summed E-state index contributed by atoms with van der Waals surface area (Å²) in [7, 11) is -2.06. The van der Waals surface area contributed by atoms with Crippen LogP contribution in [-0.2, 0) is 17.1 Å². The summed E-state index contributed by atoms with van der Waals surface area (Å²) >= 11 is 0. The zero-order valence-electron chi connectivity index (χ0n) is 16.2. The third kappa shape index (κ3) is 4.50. The van der Waals surface area contributed by atoms with Crippen LogP contribution in [0.4, 0.5) is 17.2 Å². The summed E-state index contributed by atoms with van der Waals surface area (Å²) in [6.07, 6.45) is 3.50. The van der Waals surface area contributed by atoms with Gasteiger partial charge in [-0.2, -0.15) is 5.10 Å². The van der Waals surface area contributed by atoms with Crippen LogP contribution in [0.3, 0.4) is 0 Å². The molecule has 0 atom stereocenters. The molecule has 1 aromatic heterocycles. The lowest BCUT2D eigenvalue weighted by molar-refractivity contribution is -0.384. The molecule has 1 aromatic carbocycles. The van der Waals surface area contributed by atoms with Crippen LogP contribution in [0.1, 0.15) is 38.3 Å². The lowest BCUT2D eigenvalue weighted by Gasteiger charge is -2.26. The SMILES string of the molecule is Cc1cc(Nc2ccc(S(=O)(=O)NC3CCC(C)CC3)cc2[N+](=O)[O-])nn1C. The number of hydrogen-bond acceptors (Lipinski definition) is 6. The molecule has 10 heteroatoms. The van der Waals surface area contributed by atoms with Gasteiger partial charge in [0.1, 0.15) is 5.69 Å². The maximum atomic E-state index is 12.7. The van der Waals surface area contributed by atoms with E-state index in [-0.39, 0.29) is 22.3 Å². The third-order valence-corrected chi connectivity index (χ3v) is 6.71.